The topological polar surface area (TPSA) is 73.5 Å². The highest BCUT2D eigenvalue weighted by Gasteiger charge is 2.43. The van der Waals surface area contributed by atoms with Gasteiger partial charge >= 0.3 is 6.18 Å². The van der Waals surface area contributed by atoms with Crippen LogP contribution in [0.3, 0.4) is 0 Å². The smallest absolute Gasteiger partial charge is 0.354 e. The molecule has 0 spiro atoms. The highest BCUT2D eigenvalue weighted by molar-refractivity contribution is 7.12. The lowest BCUT2D eigenvalue weighted by atomic mass is 10.2. The molecule has 0 bridgehead atoms. The normalized spacial score (nSPS) is 16.4. The first-order valence-electron chi connectivity index (χ1n) is 7.98. The molecule has 1 aromatic heterocycles. The molecule has 1 unspecified atom stereocenters. The van der Waals surface area contributed by atoms with Crippen LogP contribution in [-0.4, -0.2) is 68.2 Å². The molecule has 1 aliphatic heterocycles. The van der Waals surface area contributed by atoms with Crippen molar-refractivity contribution < 1.29 is 22.8 Å². The van der Waals surface area contributed by atoms with Crippen molar-refractivity contribution in [1.82, 2.24) is 20.9 Å². The first-order chi connectivity index (χ1) is 11.9. The molecule has 0 aromatic carbocycles. The van der Waals surface area contributed by atoms with Crippen molar-refractivity contribution in [2.24, 2.45) is 0 Å². The van der Waals surface area contributed by atoms with Crippen LogP contribution in [0.15, 0.2) is 17.5 Å². The van der Waals surface area contributed by atoms with Gasteiger partial charge in [-0.2, -0.15) is 13.2 Å². The summed E-state index contributed by atoms with van der Waals surface area (Å²) in [6, 6.07) is 1.69. The van der Waals surface area contributed by atoms with Gasteiger partial charge in [-0.25, -0.2) is 0 Å². The molecule has 0 aliphatic carbocycles. The summed E-state index contributed by atoms with van der Waals surface area (Å²) >= 11 is 1.27. The third-order valence-electron chi connectivity index (χ3n) is 3.85. The maximum absolute atomic E-state index is 13.2. The number of alkyl halides is 3. The third-order valence-corrected chi connectivity index (χ3v) is 4.71. The zero-order valence-corrected chi connectivity index (χ0v) is 15.6. The number of nitrogens with zero attached hydrogens (tertiary/aromatic N) is 1. The highest BCUT2D eigenvalue weighted by Crippen LogP contribution is 2.24. The predicted octanol–water partition coefficient (Wildman–Crippen LogP) is 1.24. The minimum absolute atomic E-state index is 0. The fraction of sp³-hybridized carbons (Fsp3) is 0.600. The Morgan fingerprint density at radius 2 is 1.96 bits per heavy atom. The molecule has 1 fully saturated rings. The monoisotopic (exact) mass is 414 g/mol. The van der Waals surface area contributed by atoms with Crippen molar-refractivity contribution >= 4 is 35.6 Å². The van der Waals surface area contributed by atoms with Gasteiger partial charge in [0.15, 0.2) is 0 Å². The lowest BCUT2D eigenvalue weighted by Gasteiger charge is -2.35. The summed E-state index contributed by atoms with van der Waals surface area (Å²) in [4.78, 5) is 25.3. The standard InChI is InChI=1S/C15H21F3N4O2S.ClH/c16-15(17,18)12(22-7-5-19-6-8-22)10-21-13(23)3-4-20-14(24)11-2-1-9-25-11;/h1-2,9,12,19H,3-8,10H2,(H,20,24)(H,21,23);1H. The molecule has 3 N–H and O–H groups in total. The van der Waals surface area contributed by atoms with Gasteiger partial charge < -0.3 is 16.0 Å². The summed E-state index contributed by atoms with van der Waals surface area (Å²) in [5.41, 5.74) is 0. The Labute approximate surface area is 159 Å². The molecule has 1 atom stereocenters. The number of amides is 2. The molecule has 1 saturated heterocycles. The van der Waals surface area contributed by atoms with E-state index in [9.17, 15) is 22.8 Å². The average molecular weight is 415 g/mol. The van der Waals surface area contributed by atoms with E-state index in [1.54, 1.807) is 17.5 Å². The number of piperazine rings is 1. The van der Waals surface area contributed by atoms with Crippen LogP contribution in [0.4, 0.5) is 13.2 Å². The summed E-state index contributed by atoms with van der Waals surface area (Å²) in [6.07, 6.45) is -4.47. The molecule has 1 aliphatic rings. The third kappa shape index (κ3) is 7.10. The predicted molar refractivity (Wildman–Crippen MR) is 95.8 cm³/mol. The van der Waals surface area contributed by atoms with E-state index < -0.39 is 24.7 Å². The van der Waals surface area contributed by atoms with E-state index in [4.69, 9.17) is 0 Å². The highest BCUT2D eigenvalue weighted by atomic mass is 35.5. The van der Waals surface area contributed by atoms with Crippen LogP contribution >= 0.6 is 23.7 Å². The Morgan fingerprint density at radius 3 is 2.54 bits per heavy atom. The lowest BCUT2D eigenvalue weighted by Crippen LogP contribution is -2.57. The van der Waals surface area contributed by atoms with Crippen LogP contribution in [0, 0.1) is 0 Å². The molecule has 11 heteroatoms. The van der Waals surface area contributed by atoms with E-state index in [1.807, 2.05) is 0 Å². The summed E-state index contributed by atoms with van der Waals surface area (Å²) in [5.74, 6) is -0.812. The zero-order chi connectivity index (χ0) is 18.3. The summed E-state index contributed by atoms with van der Waals surface area (Å²) in [6.45, 7) is 1.16. The molecule has 0 saturated carbocycles. The molecule has 2 heterocycles. The second-order valence-electron chi connectivity index (χ2n) is 5.63. The second kappa shape index (κ2) is 10.7. The quantitative estimate of drug-likeness (QED) is 0.627. The van der Waals surface area contributed by atoms with Crippen molar-refractivity contribution in [3.63, 3.8) is 0 Å². The fourth-order valence-electron chi connectivity index (χ4n) is 2.53. The molecule has 26 heavy (non-hydrogen) atoms. The maximum Gasteiger partial charge on any atom is 0.405 e. The van der Waals surface area contributed by atoms with Gasteiger partial charge in [0, 0.05) is 45.7 Å². The summed E-state index contributed by atoms with van der Waals surface area (Å²) in [5, 5.41) is 9.65. The van der Waals surface area contributed by atoms with E-state index in [2.05, 4.69) is 16.0 Å². The first-order valence-corrected chi connectivity index (χ1v) is 8.86. The zero-order valence-electron chi connectivity index (χ0n) is 14.0. The molecule has 6 nitrogen and oxygen atoms in total. The summed E-state index contributed by atoms with van der Waals surface area (Å²) in [7, 11) is 0. The second-order valence-corrected chi connectivity index (χ2v) is 6.58. The van der Waals surface area contributed by atoms with E-state index in [-0.39, 0.29) is 44.4 Å². The number of nitrogens with one attached hydrogen (secondary N) is 3. The van der Waals surface area contributed by atoms with Crippen molar-refractivity contribution in [2.75, 3.05) is 39.3 Å². The van der Waals surface area contributed by atoms with Gasteiger partial charge in [-0.3, -0.25) is 14.5 Å². The van der Waals surface area contributed by atoms with Crippen LogP contribution in [0.5, 0.6) is 0 Å². The van der Waals surface area contributed by atoms with Crippen LogP contribution in [0.25, 0.3) is 0 Å². The molecular weight excluding hydrogens is 393 g/mol. The number of carbonyl (C=O) groups excluding carboxylic acids is 2. The van der Waals surface area contributed by atoms with E-state index in [0.717, 1.165) is 0 Å². The van der Waals surface area contributed by atoms with E-state index in [0.29, 0.717) is 18.0 Å². The Kier molecular flexibility index (Phi) is 9.34. The molecular formula is C15H22ClF3N4O2S. The Balaban J connectivity index is 0.00000338. The van der Waals surface area contributed by atoms with E-state index >= 15 is 0 Å². The van der Waals surface area contributed by atoms with Crippen molar-refractivity contribution in [3.05, 3.63) is 22.4 Å². The number of halogens is 4. The molecule has 1 aromatic rings. The van der Waals surface area contributed by atoms with Gasteiger partial charge in [-0.05, 0) is 11.4 Å². The number of hydrogen-bond acceptors (Lipinski definition) is 5. The molecule has 2 rings (SSSR count). The SMILES string of the molecule is Cl.O=C(CCNC(=O)c1cccs1)NCC(N1CCNCC1)C(F)(F)F. The van der Waals surface area contributed by atoms with Crippen LogP contribution in [0.2, 0.25) is 0 Å². The fourth-order valence-corrected chi connectivity index (χ4v) is 3.17. The Bertz CT molecular complexity index is 566. The maximum atomic E-state index is 13.2. The number of rotatable bonds is 7. The van der Waals surface area contributed by atoms with Gasteiger partial charge in [0.1, 0.15) is 6.04 Å². The first kappa shape index (κ1) is 22.7. The average Bonchev–Trinajstić information content (AvgIpc) is 3.09. The molecule has 2 amide bonds. The van der Waals surface area contributed by atoms with Gasteiger partial charge in [-0.15, -0.1) is 23.7 Å². The largest absolute Gasteiger partial charge is 0.405 e. The van der Waals surface area contributed by atoms with Gasteiger partial charge in [-0.1, -0.05) is 6.07 Å². The van der Waals surface area contributed by atoms with Crippen LogP contribution in [-0.2, 0) is 4.79 Å². The minimum Gasteiger partial charge on any atom is -0.354 e. The van der Waals surface area contributed by atoms with Gasteiger partial charge in [0.05, 0.1) is 4.88 Å². The van der Waals surface area contributed by atoms with Crippen molar-refractivity contribution in [1.29, 1.82) is 0 Å². The molecule has 148 valence electrons. The van der Waals surface area contributed by atoms with Crippen LogP contribution < -0.4 is 16.0 Å². The lowest BCUT2D eigenvalue weighted by molar-refractivity contribution is -0.184. The number of thiophene rings is 1. The Morgan fingerprint density at radius 1 is 1.27 bits per heavy atom. The van der Waals surface area contributed by atoms with Gasteiger partial charge in [0.2, 0.25) is 5.91 Å². The summed E-state index contributed by atoms with van der Waals surface area (Å²) < 4.78 is 39.6. The van der Waals surface area contributed by atoms with Crippen molar-refractivity contribution in [3.8, 4) is 0 Å². The Hall–Kier alpha value is -1.36. The minimum atomic E-state index is -4.40. The number of hydrogen-bond donors (Lipinski definition) is 3. The van der Waals surface area contributed by atoms with E-state index in [1.165, 1.54) is 16.2 Å². The van der Waals surface area contributed by atoms with Gasteiger partial charge in [0.25, 0.3) is 5.91 Å². The molecule has 0 radical (unpaired) electrons. The van der Waals surface area contributed by atoms with Crippen LogP contribution in [0.1, 0.15) is 16.1 Å². The number of carbonyl (C=O) groups is 2. The van der Waals surface area contributed by atoms with Crippen molar-refractivity contribution in [2.45, 2.75) is 18.6 Å².